The predicted octanol–water partition coefficient (Wildman–Crippen LogP) is 5.08. The number of aromatic nitrogens is 3. The Bertz CT molecular complexity index is 1510. The molecule has 1 fully saturated rings. The maximum Gasteiger partial charge on any atom is 0.208 e. The van der Waals surface area contributed by atoms with Crippen LogP contribution in [0.3, 0.4) is 0 Å². The van der Waals surface area contributed by atoms with Crippen molar-refractivity contribution in [3.63, 3.8) is 0 Å². The molecule has 2 aromatic heterocycles. The van der Waals surface area contributed by atoms with E-state index in [1.807, 2.05) is 6.92 Å². The summed E-state index contributed by atoms with van der Waals surface area (Å²) < 4.78 is 22.3. The van der Waals surface area contributed by atoms with Gasteiger partial charge in [0.2, 0.25) is 5.95 Å². The summed E-state index contributed by atoms with van der Waals surface area (Å²) in [6.45, 7) is 5.37. The fraction of sp³-hybridized carbons (Fsp3) is 0.321. The first-order valence-electron chi connectivity index (χ1n) is 12.3. The number of imidazole rings is 1. The molecular weight excluding hydrogens is 455 g/mol. The van der Waals surface area contributed by atoms with Crippen LogP contribution in [0.25, 0.3) is 16.8 Å². The summed E-state index contributed by atoms with van der Waals surface area (Å²) in [4.78, 5) is 9.23. The zero-order chi connectivity index (χ0) is 24.8. The molecule has 0 spiro atoms. The second kappa shape index (κ2) is 8.92. The van der Waals surface area contributed by atoms with Crippen molar-refractivity contribution in [3.05, 3.63) is 76.5 Å². The van der Waals surface area contributed by atoms with E-state index in [9.17, 15) is 9.65 Å². The Morgan fingerprint density at radius 2 is 2.17 bits per heavy atom. The van der Waals surface area contributed by atoms with Crippen LogP contribution in [-0.4, -0.2) is 27.0 Å². The van der Waals surface area contributed by atoms with Crippen molar-refractivity contribution in [2.24, 2.45) is 0 Å². The van der Waals surface area contributed by atoms with Crippen LogP contribution in [0.1, 0.15) is 53.8 Å². The number of nitrogens with one attached hydrogen (secondary N) is 2. The van der Waals surface area contributed by atoms with E-state index in [2.05, 4.69) is 51.8 Å². The van der Waals surface area contributed by atoms with Gasteiger partial charge in [-0.25, -0.2) is 14.4 Å². The minimum absolute atomic E-state index is 0.0237. The van der Waals surface area contributed by atoms with Gasteiger partial charge in [-0.3, -0.25) is 4.40 Å². The number of hydrogen-bond donors (Lipinski definition) is 2. The summed E-state index contributed by atoms with van der Waals surface area (Å²) in [5.74, 6) is 0.953. The highest BCUT2D eigenvalue weighted by atomic mass is 19.1. The molecule has 2 atom stereocenters. The van der Waals surface area contributed by atoms with Gasteiger partial charge in [0.25, 0.3) is 0 Å². The van der Waals surface area contributed by atoms with Crippen LogP contribution in [0.15, 0.2) is 42.7 Å². The monoisotopic (exact) mass is 482 g/mol. The third kappa shape index (κ3) is 3.86. The molecule has 4 heterocycles. The van der Waals surface area contributed by atoms with Gasteiger partial charge >= 0.3 is 0 Å². The van der Waals surface area contributed by atoms with Crippen molar-refractivity contribution in [2.45, 2.75) is 51.8 Å². The second-order valence-electron chi connectivity index (χ2n) is 9.64. The highest BCUT2D eigenvalue weighted by Gasteiger charge is 2.25. The minimum Gasteiger partial charge on any atom is -0.490 e. The van der Waals surface area contributed by atoms with Gasteiger partial charge in [-0.2, -0.15) is 5.26 Å². The Morgan fingerprint density at radius 3 is 2.94 bits per heavy atom. The first kappa shape index (κ1) is 22.5. The van der Waals surface area contributed by atoms with E-state index in [4.69, 9.17) is 4.74 Å². The van der Waals surface area contributed by atoms with E-state index in [1.165, 1.54) is 18.1 Å². The summed E-state index contributed by atoms with van der Waals surface area (Å²) in [6.07, 6.45) is 6.47. The highest BCUT2D eigenvalue weighted by molar-refractivity contribution is 5.80. The van der Waals surface area contributed by atoms with E-state index in [-0.39, 0.29) is 18.5 Å². The standard InChI is InChI=1S/C28H27FN6O/c1-16-10-18(25-4-3-9-31-25)5-6-20(16)23-14-33-28(35-15-19(12-30)34-27(23)35)32-13-22-21-11-17(2)36-26(21)8-7-24(22)29/h5-8,10,14-15,17,25,31H,3-4,9,11,13H2,1-2H3,(H,32,33)/t17?,25-/m0/s1. The molecule has 8 heteroatoms. The number of nitriles is 1. The Hall–Kier alpha value is -3.96. The third-order valence-electron chi connectivity index (χ3n) is 7.18. The predicted molar refractivity (Wildman–Crippen MR) is 135 cm³/mol. The van der Waals surface area contributed by atoms with E-state index in [1.54, 1.807) is 22.9 Å². The van der Waals surface area contributed by atoms with Gasteiger partial charge < -0.3 is 15.4 Å². The smallest absolute Gasteiger partial charge is 0.208 e. The molecule has 4 aromatic rings. The molecule has 2 aliphatic heterocycles. The lowest BCUT2D eigenvalue weighted by molar-refractivity contribution is 0.254. The zero-order valence-corrected chi connectivity index (χ0v) is 20.3. The number of aryl methyl sites for hydroxylation is 1. The molecule has 0 amide bonds. The molecule has 2 N–H and O–H groups in total. The molecule has 182 valence electrons. The Kier molecular flexibility index (Phi) is 5.57. The average molecular weight is 483 g/mol. The normalized spacial score (nSPS) is 18.7. The topological polar surface area (TPSA) is 87.3 Å². The Labute approximate surface area is 209 Å². The number of rotatable bonds is 5. The number of hydrogen-bond acceptors (Lipinski definition) is 6. The molecule has 0 saturated carbocycles. The minimum atomic E-state index is -0.275. The van der Waals surface area contributed by atoms with E-state index in [0.717, 1.165) is 41.0 Å². The maximum absolute atomic E-state index is 14.7. The molecule has 1 unspecified atom stereocenters. The van der Waals surface area contributed by atoms with Crippen LogP contribution in [0.2, 0.25) is 0 Å². The van der Waals surface area contributed by atoms with Crippen molar-refractivity contribution in [1.82, 2.24) is 19.7 Å². The van der Waals surface area contributed by atoms with Crippen LogP contribution in [0, 0.1) is 24.1 Å². The largest absolute Gasteiger partial charge is 0.490 e. The fourth-order valence-corrected chi connectivity index (χ4v) is 5.41. The molecule has 0 aliphatic carbocycles. The first-order valence-corrected chi connectivity index (χ1v) is 12.3. The van der Waals surface area contributed by atoms with E-state index in [0.29, 0.717) is 35.3 Å². The van der Waals surface area contributed by atoms with E-state index >= 15 is 0 Å². The highest BCUT2D eigenvalue weighted by Crippen LogP contribution is 2.34. The summed E-state index contributed by atoms with van der Waals surface area (Å²) in [5, 5.41) is 16.4. The summed E-state index contributed by atoms with van der Waals surface area (Å²) in [6, 6.07) is 12.1. The maximum atomic E-state index is 14.7. The molecule has 0 bridgehead atoms. The zero-order valence-electron chi connectivity index (χ0n) is 20.3. The number of benzene rings is 2. The first-order chi connectivity index (χ1) is 17.5. The van der Waals surface area contributed by atoms with Crippen molar-refractivity contribution in [3.8, 4) is 22.9 Å². The van der Waals surface area contributed by atoms with Gasteiger partial charge in [0.15, 0.2) is 11.3 Å². The molecule has 7 nitrogen and oxygen atoms in total. The van der Waals surface area contributed by atoms with Gasteiger partial charge in [-0.15, -0.1) is 0 Å². The summed E-state index contributed by atoms with van der Waals surface area (Å²) >= 11 is 0. The van der Waals surface area contributed by atoms with Crippen molar-refractivity contribution in [1.29, 1.82) is 5.26 Å². The molecule has 6 rings (SSSR count). The van der Waals surface area contributed by atoms with Gasteiger partial charge in [0.05, 0.1) is 6.20 Å². The number of halogens is 1. The SMILES string of the molecule is Cc1cc([C@@H]2CCCN2)ccc1-c1cnc(NCc2c(F)ccc3c2CC(C)O3)n2cc(C#N)nc12. The molecular formula is C28H27FN6O. The van der Waals surface area contributed by atoms with Crippen LogP contribution < -0.4 is 15.4 Å². The lowest BCUT2D eigenvalue weighted by Gasteiger charge is -2.16. The molecule has 1 saturated heterocycles. The Morgan fingerprint density at radius 1 is 1.28 bits per heavy atom. The fourth-order valence-electron chi connectivity index (χ4n) is 5.41. The van der Waals surface area contributed by atoms with Crippen molar-refractivity contribution < 1.29 is 9.13 Å². The van der Waals surface area contributed by atoms with Crippen LogP contribution in [-0.2, 0) is 13.0 Å². The molecule has 2 aliphatic rings. The Balaban J connectivity index is 1.35. The van der Waals surface area contributed by atoms with Gasteiger partial charge in [0.1, 0.15) is 23.7 Å². The number of anilines is 1. The van der Waals surface area contributed by atoms with Gasteiger partial charge in [-0.1, -0.05) is 18.2 Å². The number of ether oxygens (including phenoxy) is 1. The summed E-state index contributed by atoms with van der Waals surface area (Å²) in [7, 11) is 0. The van der Waals surface area contributed by atoms with Crippen LogP contribution >= 0.6 is 0 Å². The second-order valence-corrected chi connectivity index (χ2v) is 9.64. The number of fused-ring (bicyclic) bond motifs is 2. The van der Waals surface area contributed by atoms with Crippen LogP contribution in [0.4, 0.5) is 10.3 Å². The lowest BCUT2D eigenvalue weighted by atomic mass is 9.96. The van der Waals surface area contributed by atoms with Gasteiger partial charge in [-0.05, 0) is 62.1 Å². The molecule has 0 radical (unpaired) electrons. The van der Waals surface area contributed by atoms with Crippen molar-refractivity contribution in [2.75, 3.05) is 11.9 Å². The lowest BCUT2D eigenvalue weighted by Crippen LogP contribution is -2.13. The summed E-state index contributed by atoms with van der Waals surface area (Å²) in [5.41, 5.74) is 6.67. The van der Waals surface area contributed by atoms with E-state index < -0.39 is 0 Å². The number of nitrogens with zero attached hydrogens (tertiary/aromatic N) is 4. The van der Waals surface area contributed by atoms with Gasteiger partial charge in [0, 0.05) is 41.9 Å². The third-order valence-corrected chi connectivity index (χ3v) is 7.18. The molecule has 36 heavy (non-hydrogen) atoms. The molecule has 2 aromatic carbocycles. The van der Waals surface area contributed by atoms with Crippen LogP contribution in [0.5, 0.6) is 5.75 Å². The average Bonchev–Trinajstić information content (AvgIpc) is 3.63. The van der Waals surface area contributed by atoms with Crippen molar-refractivity contribution >= 4 is 11.6 Å². The quantitative estimate of drug-likeness (QED) is 0.413.